The monoisotopic (exact) mass is 510 g/mol. The SMILES string of the molecule is COc1ccccc1Oc1ccccc1NC(=O)C(=O)Nc1nc(C(N)S(C)(=O)=O)c(Cl)s1. The Morgan fingerprint density at radius 1 is 1.03 bits per heavy atom. The van der Waals surface area contributed by atoms with Gasteiger partial charge in [-0.15, -0.1) is 0 Å². The smallest absolute Gasteiger partial charge is 0.315 e. The Hall–Kier alpha value is -3.19. The largest absolute Gasteiger partial charge is 0.493 e. The predicted octanol–water partition coefficient (Wildman–Crippen LogP) is 3.18. The van der Waals surface area contributed by atoms with Crippen LogP contribution in [0.5, 0.6) is 17.2 Å². The number of halogens is 1. The molecule has 0 aliphatic heterocycles. The molecule has 1 heterocycles. The number of thiazole rings is 1. The molecule has 2 amide bonds. The number of nitrogens with two attached hydrogens (primary N) is 1. The molecule has 0 saturated carbocycles. The normalized spacial score (nSPS) is 12.0. The molecule has 0 aliphatic rings. The number of nitrogens with one attached hydrogen (secondary N) is 2. The molecule has 4 N–H and O–H groups in total. The van der Waals surface area contributed by atoms with Crippen LogP contribution >= 0.6 is 22.9 Å². The van der Waals surface area contributed by atoms with Crippen LogP contribution in [-0.2, 0) is 19.4 Å². The van der Waals surface area contributed by atoms with Crippen LogP contribution in [0.2, 0.25) is 4.34 Å². The molecular weight excluding hydrogens is 492 g/mol. The van der Waals surface area contributed by atoms with Gasteiger partial charge in [0.05, 0.1) is 12.8 Å². The Morgan fingerprint density at radius 2 is 1.61 bits per heavy atom. The highest BCUT2D eigenvalue weighted by atomic mass is 35.5. The van der Waals surface area contributed by atoms with Crippen molar-refractivity contribution in [3.05, 3.63) is 58.6 Å². The summed E-state index contributed by atoms with van der Waals surface area (Å²) >= 11 is 6.77. The number of benzene rings is 2. The van der Waals surface area contributed by atoms with Crippen molar-refractivity contribution in [1.82, 2.24) is 4.98 Å². The van der Waals surface area contributed by atoms with E-state index in [9.17, 15) is 18.0 Å². The summed E-state index contributed by atoms with van der Waals surface area (Å²) in [7, 11) is -2.16. The first-order chi connectivity index (χ1) is 15.6. The minimum Gasteiger partial charge on any atom is -0.493 e. The molecule has 0 spiro atoms. The zero-order valence-electron chi connectivity index (χ0n) is 17.4. The number of anilines is 2. The number of hydrogen-bond donors (Lipinski definition) is 3. The molecule has 2 aromatic carbocycles. The molecule has 1 atom stereocenters. The van der Waals surface area contributed by atoms with E-state index in [4.69, 9.17) is 26.8 Å². The third-order valence-electron chi connectivity index (χ3n) is 4.19. The zero-order valence-corrected chi connectivity index (χ0v) is 19.8. The van der Waals surface area contributed by atoms with Crippen LogP contribution in [0.3, 0.4) is 0 Å². The first-order valence-electron chi connectivity index (χ1n) is 9.23. The number of rotatable bonds is 7. The van der Waals surface area contributed by atoms with E-state index in [1.807, 2.05) is 0 Å². The number of sulfone groups is 1. The third kappa shape index (κ3) is 5.99. The summed E-state index contributed by atoms with van der Waals surface area (Å²) in [6.07, 6.45) is 0.934. The van der Waals surface area contributed by atoms with Crippen molar-refractivity contribution < 1.29 is 27.5 Å². The molecule has 3 aromatic rings. The lowest BCUT2D eigenvalue weighted by atomic mass is 10.2. The van der Waals surface area contributed by atoms with Gasteiger partial charge in [-0.3, -0.25) is 14.9 Å². The van der Waals surface area contributed by atoms with Crippen LogP contribution in [-0.4, -0.2) is 38.6 Å². The van der Waals surface area contributed by atoms with Gasteiger partial charge in [0.15, 0.2) is 37.6 Å². The van der Waals surface area contributed by atoms with Crippen LogP contribution in [0, 0.1) is 0 Å². The molecule has 0 saturated heterocycles. The summed E-state index contributed by atoms with van der Waals surface area (Å²) in [6.45, 7) is 0. The molecule has 0 fully saturated rings. The Morgan fingerprint density at radius 3 is 2.24 bits per heavy atom. The highest BCUT2D eigenvalue weighted by Crippen LogP contribution is 2.35. The van der Waals surface area contributed by atoms with Crippen LogP contribution in [0.15, 0.2) is 48.5 Å². The van der Waals surface area contributed by atoms with Gasteiger partial charge >= 0.3 is 11.8 Å². The van der Waals surface area contributed by atoms with E-state index < -0.39 is 27.0 Å². The fourth-order valence-corrected chi connectivity index (χ4v) is 4.39. The van der Waals surface area contributed by atoms with E-state index in [0.717, 1.165) is 17.6 Å². The van der Waals surface area contributed by atoms with E-state index in [0.29, 0.717) is 11.5 Å². The third-order valence-corrected chi connectivity index (χ3v) is 6.54. The lowest BCUT2D eigenvalue weighted by Crippen LogP contribution is -2.29. The Bertz CT molecular complexity index is 1300. The molecule has 1 unspecified atom stereocenters. The number of hydrogen-bond acceptors (Lipinski definition) is 9. The van der Waals surface area contributed by atoms with E-state index in [2.05, 4.69) is 15.6 Å². The van der Waals surface area contributed by atoms with Crippen molar-refractivity contribution in [2.24, 2.45) is 5.73 Å². The van der Waals surface area contributed by atoms with Gasteiger partial charge in [0, 0.05) is 6.26 Å². The number of nitrogens with zero attached hydrogens (tertiary/aromatic N) is 1. The summed E-state index contributed by atoms with van der Waals surface area (Å²) in [5.74, 6) is -0.876. The van der Waals surface area contributed by atoms with Crippen LogP contribution in [0.4, 0.5) is 10.8 Å². The van der Waals surface area contributed by atoms with Gasteiger partial charge in [-0.25, -0.2) is 13.4 Å². The van der Waals surface area contributed by atoms with Gasteiger partial charge < -0.3 is 20.5 Å². The van der Waals surface area contributed by atoms with Gasteiger partial charge in [-0.2, -0.15) is 0 Å². The number of ether oxygens (including phenoxy) is 2. The molecule has 3 rings (SSSR count). The molecular formula is C20H19ClN4O6S2. The zero-order chi connectivity index (χ0) is 24.2. The topological polar surface area (TPSA) is 150 Å². The Labute approximate surface area is 198 Å². The van der Waals surface area contributed by atoms with E-state index in [-0.39, 0.29) is 26.6 Å². The fourth-order valence-electron chi connectivity index (χ4n) is 2.56. The minimum atomic E-state index is -3.66. The number of methoxy groups -OCH3 is 1. The number of amides is 2. The van der Waals surface area contributed by atoms with Crippen molar-refractivity contribution in [3.63, 3.8) is 0 Å². The molecule has 33 heavy (non-hydrogen) atoms. The number of carbonyl (C=O) groups excluding carboxylic acids is 2. The maximum absolute atomic E-state index is 12.4. The van der Waals surface area contributed by atoms with Gasteiger partial charge in [0.25, 0.3) is 0 Å². The first kappa shape index (κ1) is 24.5. The van der Waals surface area contributed by atoms with E-state index >= 15 is 0 Å². The number of para-hydroxylation sites is 4. The van der Waals surface area contributed by atoms with Gasteiger partial charge in [-0.05, 0) is 24.3 Å². The molecule has 13 heteroatoms. The lowest BCUT2D eigenvalue weighted by Gasteiger charge is -2.13. The summed E-state index contributed by atoms with van der Waals surface area (Å²) < 4.78 is 34.4. The molecule has 10 nitrogen and oxygen atoms in total. The van der Waals surface area contributed by atoms with Crippen molar-refractivity contribution >= 4 is 55.4 Å². The van der Waals surface area contributed by atoms with Crippen LogP contribution < -0.4 is 25.8 Å². The number of carbonyl (C=O) groups is 2. The summed E-state index contributed by atoms with van der Waals surface area (Å²) in [6, 6.07) is 13.5. The standard InChI is InChI=1S/C20H19ClN4O6S2/c1-30-13-9-5-6-10-14(13)31-12-8-4-3-7-11(12)23-18(26)19(27)25-20-24-15(16(21)32-20)17(22)33(2,28)29/h3-10,17H,22H2,1-2H3,(H,23,26)(H,24,25,27). The Balaban J connectivity index is 1.73. The van der Waals surface area contributed by atoms with E-state index in [1.165, 1.54) is 7.11 Å². The second-order valence-corrected chi connectivity index (χ2v) is 10.4. The van der Waals surface area contributed by atoms with Crippen LogP contribution in [0.1, 0.15) is 11.1 Å². The quantitative estimate of drug-likeness (QED) is 0.410. The predicted molar refractivity (Wildman–Crippen MR) is 126 cm³/mol. The van der Waals surface area contributed by atoms with Crippen molar-refractivity contribution in [2.75, 3.05) is 24.0 Å². The average molecular weight is 511 g/mol. The fraction of sp³-hybridized carbons (Fsp3) is 0.150. The van der Waals surface area contributed by atoms with Gasteiger partial charge in [0.2, 0.25) is 0 Å². The summed E-state index contributed by atoms with van der Waals surface area (Å²) in [4.78, 5) is 28.7. The van der Waals surface area contributed by atoms with Crippen molar-refractivity contribution in [1.29, 1.82) is 0 Å². The first-order valence-corrected chi connectivity index (χ1v) is 12.4. The van der Waals surface area contributed by atoms with Crippen molar-refractivity contribution in [2.45, 2.75) is 5.37 Å². The van der Waals surface area contributed by atoms with Gasteiger partial charge in [0.1, 0.15) is 10.0 Å². The van der Waals surface area contributed by atoms with Crippen molar-refractivity contribution in [3.8, 4) is 17.2 Å². The highest BCUT2D eigenvalue weighted by molar-refractivity contribution is 7.90. The lowest BCUT2D eigenvalue weighted by molar-refractivity contribution is -0.133. The second kappa shape index (κ2) is 10.2. The maximum atomic E-state index is 12.4. The minimum absolute atomic E-state index is 0.0146. The summed E-state index contributed by atoms with van der Waals surface area (Å²) in [5, 5.41) is 3.21. The van der Waals surface area contributed by atoms with E-state index in [1.54, 1.807) is 48.5 Å². The Kier molecular flexibility index (Phi) is 7.53. The highest BCUT2D eigenvalue weighted by Gasteiger charge is 2.26. The molecule has 0 aliphatic carbocycles. The molecule has 1 aromatic heterocycles. The molecule has 174 valence electrons. The van der Waals surface area contributed by atoms with Crippen LogP contribution in [0.25, 0.3) is 0 Å². The maximum Gasteiger partial charge on any atom is 0.315 e. The molecule has 0 bridgehead atoms. The molecule has 0 radical (unpaired) electrons. The van der Waals surface area contributed by atoms with Gasteiger partial charge in [-0.1, -0.05) is 47.2 Å². The number of aromatic nitrogens is 1. The second-order valence-electron chi connectivity index (χ2n) is 6.59. The average Bonchev–Trinajstić information content (AvgIpc) is 3.13. The summed E-state index contributed by atoms with van der Waals surface area (Å²) in [5.41, 5.74) is 5.76.